The van der Waals surface area contributed by atoms with Crippen LogP contribution in [-0.2, 0) is 0 Å². The van der Waals surface area contributed by atoms with E-state index in [1.807, 2.05) is 0 Å². The van der Waals surface area contributed by atoms with E-state index in [9.17, 15) is 0 Å². The molecule has 9 heavy (non-hydrogen) atoms. The van der Waals surface area contributed by atoms with Crippen molar-refractivity contribution in [3.05, 3.63) is 29.8 Å². The highest BCUT2D eigenvalue weighted by atomic mass is 13.5. The lowest BCUT2D eigenvalue weighted by atomic mass is 10.5. The maximum absolute atomic E-state index is 4.80. The molecule has 0 fully saturated rings. The number of allylic oxidation sites excluding steroid dienone is 1. The third kappa shape index (κ3) is 6.20. The molecular weight excluding hydrogens is 108 g/mol. The van der Waals surface area contributed by atoms with Gasteiger partial charge in [-0.2, -0.15) is 0 Å². The van der Waals surface area contributed by atoms with E-state index in [4.69, 9.17) is 6.42 Å². The van der Waals surface area contributed by atoms with Gasteiger partial charge in [-0.25, -0.2) is 0 Å². The lowest BCUT2D eigenvalue weighted by Crippen LogP contribution is -1.44. The molecule has 0 unspecified atom stereocenters. The maximum atomic E-state index is 4.80. The maximum Gasteiger partial charge on any atom is 0.101 e. The molecule has 0 aromatic carbocycles. The fourth-order valence-corrected chi connectivity index (χ4v) is 0.174. The third-order valence-electron chi connectivity index (χ3n) is 0.411. The average Bonchev–Trinajstić information content (AvgIpc) is 1.89. The Morgan fingerprint density at radius 3 is 2.44 bits per heavy atom. The van der Waals surface area contributed by atoms with Gasteiger partial charge in [0.15, 0.2) is 0 Å². The van der Waals surface area contributed by atoms with E-state index < -0.39 is 0 Å². The average molecular weight is 111 g/mol. The Balaban J connectivity index is 4.25. The summed E-state index contributed by atoms with van der Waals surface area (Å²) < 4.78 is 0. The van der Waals surface area contributed by atoms with Crippen LogP contribution in [0.3, 0.4) is 0 Å². The van der Waals surface area contributed by atoms with Crippen LogP contribution in [0.1, 0.15) is 0 Å². The number of rotatable bonds is 0. The molecule has 0 heterocycles. The largest absolute Gasteiger partial charge is 0.106 e. The van der Waals surface area contributed by atoms with Gasteiger partial charge in [0.2, 0.25) is 0 Å². The van der Waals surface area contributed by atoms with Gasteiger partial charge in [0.25, 0.3) is 0 Å². The number of terminal acetylenes is 1. The SMILES string of the molecule is C#CC#C[C]=C=C=C=C. The summed E-state index contributed by atoms with van der Waals surface area (Å²) in [6, 6.07) is 0. The summed E-state index contributed by atoms with van der Waals surface area (Å²) in [6.07, 6.45) is 7.22. The molecule has 0 aliphatic rings. The van der Waals surface area contributed by atoms with Gasteiger partial charge in [-0.3, -0.25) is 0 Å². The van der Waals surface area contributed by atoms with Crippen LogP contribution in [0.5, 0.6) is 0 Å². The standard InChI is InChI=1S/C9H3/c1-3-5-7-9-8-6-4-2/h1H,2H2. The lowest BCUT2D eigenvalue weighted by molar-refractivity contribution is 2.07. The van der Waals surface area contributed by atoms with Crippen LogP contribution in [0.25, 0.3) is 0 Å². The van der Waals surface area contributed by atoms with Crippen molar-refractivity contribution >= 4 is 0 Å². The van der Waals surface area contributed by atoms with E-state index in [1.165, 1.54) is 0 Å². The first-order chi connectivity index (χ1) is 4.41. The zero-order valence-corrected chi connectivity index (χ0v) is 4.78. The van der Waals surface area contributed by atoms with Gasteiger partial charge in [0.1, 0.15) is 6.08 Å². The van der Waals surface area contributed by atoms with E-state index in [2.05, 4.69) is 47.6 Å². The Hall–Kier alpha value is -1.80. The molecule has 0 aromatic heterocycles. The van der Waals surface area contributed by atoms with Crippen molar-refractivity contribution in [1.82, 2.24) is 0 Å². The predicted octanol–water partition coefficient (Wildman–Crippen LogP) is 1.08. The van der Waals surface area contributed by atoms with Gasteiger partial charge in [0.05, 0.1) is 0 Å². The summed E-state index contributed by atoms with van der Waals surface area (Å²) in [5.41, 5.74) is 7.19. The molecule has 0 aliphatic carbocycles. The monoisotopic (exact) mass is 111 g/mol. The summed E-state index contributed by atoms with van der Waals surface area (Å²) >= 11 is 0. The molecule has 0 aliphatic heterocycles. The van der Waals surface area contributed by atoms with Crippen LogP contribution in [0.15, 0.2) is 23.8 Å². The van der Waals surface area contributed by atoms with E-state index in [0.29, 0.717) is 0 Å². The molecule has 0 rings (SSSR count). The van der Waals surface area contributed by atoms with Crippen LogP contribution >= 0.6 is 0 Å². The highest BCUT2D eigenvalue weighted by Gasteiger charge is 1.50. The Labute approximate surface area is 54.9 Å². The van der Waals surface area contributed by atoms with Gasteiger partial charge in [0, 0.05) is 0 Å². The third-order valence-corrected chi connectivity index (χ3v) is 0.411. The quantitative estimate of drug-likeness (QED) is 0.324. The molecule has 1 radical (unpaired) electrons. The first-order valence-electron chi connectivity index (χ1n) is 2.14. The first kappa shape index (κ1) is 7.20. The minimum Gasteiger partial charge on any atom is -0.106 e. The lowest BCUT2D eigenvalue weighted by Gasteiger charge is -1.49. The molecule has 39 valence electrons. The van der Waals surface area contributed by atoms with Crippen molar-refractivity contribution < 1.29 is 0 Å². The van der Waals surface area contributed by atoms with Gasteiger partial charge in [-0.15, -0.1) is 6.42 Å². The van der Waals surface area contributed by atoms with Crippen molar-refractivity contribution in [2.75, 3.05) is 0 Å². The smallest absolute Gasteiger partial charge is 0.101 e. The molecule has 0 aromatic rings. The highest BCUT2D eigenvalue weighted by molar-refractivity contribution is 5.24. The van der Waals surface area contributed by atoms with Crippen LogP contribution in [0.2, 0.25) is 0 Å². The second-order valence-electron chi connectivity index (χ2n) is 0.946. The fourth-order valence-electron chi connectivity index (χ4n) is 0.174. The number of hydrogen-bond donors (Lipinski definition) is 0. The summed E-state index contributed by atoms with van der Waals surface area (Å²) in [4.78, 5) is 0. The summed E-state index contributed by atoms with van der Waals surface area (Å²) in [7, 11) is 0. The second kappa shape index (κ2) is 6.20. The topological polar surface area (TPSA) is 0 Å². The predicted molar refractivity (Wildman–Crippen MR) is 36.0 cm³/mol. The Morgan fingerprint density at radius 2 is 1.89 bits per heavy atom. The van der Waals surface area contributed by atoms with Crippen LogP contribution in [0.4, 0.5) is 0 Å². The van der Waals surface area contributed by atoms with Gasteiger partial charge in [-0.1, -0.05) is 5.73 Å². The first-order valence-corrected chi connectivity index (χ1v) is 2.14. The minimum absolute atomic E-state index is 2.12. The van der Waals surface area contributed by atoms with Crippen molar-refractivity contribution in [3.63, 3.8) is 0 Å². The van der Waals surface area contributed by atoms with Gasteiger partial charge < -0.3 is 0 Å². The molecule has 0 nitrogen and oxygen atoms in total. The number of hydrogen-bond acceptors (Lipinski definition) is 0. The fraction of sp³-hybridized carbons (Fsp3) is 0. The van der Waals surface area contributed by atoms with Crippen molar-refractivity contribution in [3.8, 4) is 24.2 Å². The van der Waals surface area contributed by atoms with E-state index >= 15 is 0 Å². The molecule has 0 N–H and O–H groups in total. The zero-order valence-electron chi connectivity index (χ0n) is 4.78. The normalized spacial score (nSPS) is 3.89. The van der Waals surface area contributed by atoms with E-state index in [-0.39, 0.29) is 0 Å². The molecule has 0 heteroatoms. The minimum atomic E-state index is 2.12. The molecule has 0 saturated carbocycles. The van der Waals surface area contributed by atoms with E-state index in [0.717, 1.165) is 0 Å². The van der Waals surface area contributed by atoms with Crippen LogP contribution < -0.4 is 0 Å². The van der Waals surface area contributed by atoms with Crippen molar-refractivity contribution in [2.24, 2.45) is 0 Å². The molecule has 0 amide bonds. The second-order valence-corrected chi connectivity index (χ2v) is 0.946. The van der Waals surface area contributed by atoms with Crippen LogP contribution in [0, 0.1) is 30.3 Å². The molecule has 0 atom stereocenters. The van der Waals surface area contributed by atoms with Crippen molar-refractivity contribution in [2.45, 2.75) is 0 Å². The molecule has 0 spiro atoms. The zero-order chi connectivity index (χ0) is 6.95. The van der Waals surface area contributed by atoms with Gasteiger partial charge >= 0.3 is 0 Å². The van der Waals surface area contributed by atoms with Gasteiger partial charge in [-0.05, 0) is 35.8 Å². The molecular formula is C9H3. The summed E-state index contributed by atoms with van der Waals surface area (Å²) in [6.45, 7) is 3.25. The highest BCUT2D eigenvalue weighted by Crippen LogP contribution is 1.56. The Morgan fingerprint density at radius 1 is 1.11 bits per heavy atom. The van der Waals surface area contributed by atoms with Crippen molar-refractivity contribution in [1.29, 1.82) is 0 Å². The Bertz CT molecular complexity index is 283. The molecule has 0 bridgehead atoms. The summed E-state index contributed by atoms with van der Waals surface area (Å²) in [5, 5.41) is 0. The molecule has 0 saturated heterocycles. The van der Waals surface area contributed by atoms with Crippen LogP contribution in [-0.4, -0.2) is 0 Å². The summed E-state index contributed by atoms with van der Waals surface area (Å²) in [5.74, 6) is 6.83. The van der Waals surface area contributed by atoms with E-state index in [1.54, 1.807) is 0 Å². The Kier molecular flexibility index (Phi) is 4.96.